The lowest BCUT2D eigenvalue weighted by atomic mass is 9.92. The van der Waals surface area contributed by atoms with Crippen molar-refractivity contribution in [2.75, 3.05) is 0 Å². The first-order valence-corrected chi connectivity index (χ1v) is 7.36. The molecule has 0 radical (unpaired) electrons. The Morgan fingerprint density at radius 1 is 1.05 bits per heavy atom. The fourth-order valence-corrected chi connectivity index (χ4v) is 2.93. The largest absolute Gasteiger partial charge is 0.388 e. The maximum atomic E-state index is 10.7. The number of aliphatic hydroxyl groups excluding tert-OH is 1. The summed E-state index contributed by atoms with van der Waals surface area (Å²) in [5.41, 5.74) is 3.02. The van der Waals surface area contributed by atoms with Gasteiger partial charge in [0.15, 0.2) is 0 Å². The van der Waals surface area contributed by atoms with Gasteiger partial charge in [-0.25, -0.2) is 4.98 Å². The zero-order valence-electron chi connectivity index (χ0n) is 12.4. The lowest BCUT2D eigenvalue weighted by Gasteiger charge is -2.21. The number of fused-ring (bicyclic) bond motifs is 1. The fourth-order valence-electron chi connectivity index (χ4n) is 2.93. The van der Waals surface area contributed by atoms with Crippen LogP contribution in [0.15, 0.2) is 54.6 Å². The third-order valence-corrected chi connectivity index (χ3v) is 4.12. The highest BCUT2D eigenvalue weighted by Gasteiger charge is 2.25. The van der Waals surface area contributed by atoms with Crippen molar-refractivity contribution >= 4 is 11.0 Å². The number of para-hydroxylation sites is 2. The zero-order valence-corrected chi connectivity index (χ0v) is 12.4. The van der Waals surface area contributed by atoms with E-state index in [2.05, 4.69) is 17.6 Å². The molecule has 2 unspecified atom stereocenters. The third kappa shape index (κ3) is 2.45. The molecule has 3 nitrogen and oxygen atoms in total. The van der Waals surface area contributed by atoms with E-state index in [0.717, 1.165) is 28.8 Å². The number of aliphatic hydroxyl groups is 1. The van der Waals surface area contributed by atoms with Crippen molar-refractivity contribution in [1.82, 2.24) is 9.55 Å². The van der Waals surface area contributed by atoms with Crippen LogP contribution in [0.1, 0.15) is 36.8 Å². The van der Waals surface area contributed by atoms with Crippen LogP contribution in [0.3, 0.4) is 0 Å². The van der Waals surface area contributed by atoms with E-state index in [4.69, 9.17) is 4.98 Å². The molecule has 0 saturated carbocycles. The molecule has 0 aliphatic carbocycles. The number of imidazole rings is 1. The predicted octanol–water partition coefficient (Wildman–Crippen LogP) is 3.80. The SMILES string of the molecule is CCC(c1nc2ccccc2n1C)C(O)c1ccccc1. The molecule has 0 spiro atoms. The summed E-state index contributed by atoms with van der Waals surface area (Å²) >= 11 is 0. The van der Waals surface area contributed by atoms with Gasteiger partial charge in [-0.15, -0.1) is 0 Å². The highest BCUT2D eigenvalue weighted by molar-refractivity contribution is 5.75. The molecule has 108 valence electrons. The number of aryl methyl sites for hydroxylation is 1. The summed E-state index contributed by atoms with van der Waals surface area (Å²) in [5.74, 6) is 0.930. The van der Waals surface area contributed by atoms with Gasteiger partial charge in [-0.05, 0) is 24.1 Å². The lowest BCUT2D eigenvalue weighted by Crippen LogP contribution is -2.14. The molecule has 3 heteroatoms. The Hall–Kier alpha value is -2.13. The van der Waals surface area contributed by atoms with Gasteiger partial charge in [-0.2, -0.15) is 0 Å². The molecule has 2 atom stereocenters. The first-order valence-electron chi connectivity index (χ1n) is 7.36. The second kappa shape index (κ2) is 5.70. The number of hydrogen-bond acceptors (Lipinski definition) is 2. The Balaban J connectivity index is 2.04. The Kier molecular flexibility index (Phi) is 3.76. The summed E-state index contributed by atoms with van der Waals surface area (Å²) in [6.07, 6.45) is 0.305. The Labute approximate surface area is 124 Å². The summed E-state index contributed by atoms with van der Waals surface area (Å²) < 4.78 is 2.09. The van der Waals surface area contributed by atoms with Crippen LogP contribution in [0.25, 0.3) is 11.0 Å². The second-order valence-electron chi connectivity index (χ2n) is 5.39. The van der Waals surface area contributed by atoms with Crippen LogP contribution in [0, 0.1) is 0 Å². The maximum absolute atomic E-state index is 10.7. The maximum Gasteiger partial charge on any atom is 0.115 e. The molecule has 2 aromatic carbocycles. The lowest BCUT2D eigenvalue weighted by molar-refractivity contribution is 0.137. The molecule has 0 aliphatic rings. The molecule has 0 bridgehead atoms. The minimum atomic E-state index is -0.535. The highest BCUT2D eigenvalue weighted by atomic mass is 16.3. The van der Waals surface area contributed by atoms with Gasteiger partial charge in [-0.1, -0.05) is 49.4 Å². The van der Waals surface area contributed by atoms with E-state index in [-0.39, 0.29) is 5.92 Å². The van der Waals surface area contributed by atoms with Gasteiger partial charge in [0.25, 0.3) is 0 Å². The van der Waals surface area contributed by atoms with Gasteiger partial charge in [0, 0.05) is 13.0 Å². The number of aromatic nitrogens is 2. The minimum Gasteiger partial charge on any atom is -0.388 e. The topological polar surface area (TPSA) is 38.0 Å². The van der Waals surface area contributed by atoms with Crippen LogP contribution in [-0.4, -0.2) is 14.7 Å². The molecule has 1 heterocycles. The van der Waals surface area contributed by atoms with E-state index >= 15 is 0 Å². The van der Waals surface area contributed by atoms with Gasteiger partial charge < -0.3 is 9.67 Å². The van der Waals surface area contributed by atoms with E-state index in [1.54, 1.807) is 0 Å². The Morgan fingerprint density at radius 3 is 2.38 bits per heavy atom. The van der Waals surface area contributed by atoms with Gasteiger partial charge in [-0.3, -0.25) is 0 Å². The van der Waals surface area contributed by atoms with E-state index in [1.807, 2.05) is 55.6 Å². The first-order chi connectivity index (χ1) is 10.2. The number of benzene rings is 2. The smallest absolute Gasteiger partial charge is 0.115 e. The molecule has 0 fully saturated rings. The van der Waals surface area contributed by atoms with Crippen molar-refractivity contribution in [1.29, 1.82) is 0 Å². The second-order valence-corrected chi connectivity index (χ2v) is 5.39. The normalized spacial score (nSPS) is 14.2. The zero-order chi connectivity index (χ0) is 14.8. The first kappa shape index (κ1) is 13.8. The van der Waals surface area contributed by atoms with Crippen LogP contribution in [0.2, 0.25) is 0 Å². The van der Waals surface area contributed by atoms with Gasteiger partial charge >= 0.3 is 0 Å². The number of nitrogens with zero attached hydrogens (tertiary/aromatic N) is 2. The van der Waals surface area contributed by atoms with E-state index in [1.165, 1.54) is 0 Å². The van der Waals surface area contributed by atoms with Crippen molar-refractivity contribution in [3.8, 4) is 0 Å². The summed E-state index contributed by atoms with van der Waals surface area (Å²) in [6, 6.07) is 17.9. The van der Waals surface area contributed by atoms with E-state index < -0.39 is 6.10 Å². The average molecular weight is 280 g/mol. The summed E-state index contributed by atoms with van der Waals surface area (Å²) in [7, 11) is 2.02. The molecular weight excluding hydrogens is 260 g/mol. The number of rotatable bonds is 4. The molecule has 1 N–H and O–H groups in total. The monoisotopic (exact) mass is 280 g/mol. The molecule has 21 heavy (non-hydrogen) atoms. The van der Waals surface area contributed by atoms with Gasteiger partial charge in [0.2, 0.25) is 0 Å². The summed E-state index contributed by atoms with van der Waals surface area (Å²) in [5, 5.41) is 10.7. The van der Waals surface area contributed by atoms with Crippen molar-refractivity contribution in [3.05, 3.63) is 66.0 Å². The van der Waals surface area contributed by atoms with E-state index in [9.17, 15) is 5.11 Å². The molecule has 1 aromatic heterocycles. The fraction of sp³-hybridized carbons (Fsp3) is 0.278. The van der Waals surface area contributed by atoms with Gasteiger partial charge in [0.1, 0.15) is 5.82 Å². The molecule has 0 saturated heterocycles. The van der Waals surface area contributed by atoms with Crippen molar-refractivity contribution < 1.29 is 5.11 Å². The van der Waals surface area contributed by atoms with Crippen LogP contribution in [-0.2, 0) is 7.05 Å². The minimum absolute atomic E-state index is 0.00944. The van der Waals surface area contributed by atoms with Crippen LogP contribution in [0.5, 0.6) is 0 Å². The van der Waals surface area contributed by atoms with Crippen molar-refractivity contribution in [2.24, 2.45) is 7.05 Å². The molecule has 0 aliphatic heterocycles. The predicted molar refractivity (Wildman–Crippen MR) is 85.1 cm³/mol. The third-order valence-electron chi connectivity index (χ3n) is 4.12. The Morgan fingerprint density at radius 2 is 1.71 bits per heavy atom. The number of hydrogen-bond donors (Lipinski definition) is 1. The Bertz CT molecular complexity index is 733. The standard InChI is InChI=1S/C18H20N2O/c1-3-14(17(21)13-9-5-4-6-10-13)18-19-15-11-7-8-12-16(15)20(18)2/h4-12,14,17,21H,3H2,1-2H3. The summed E-state index contributed by atoms with van der Waals surface area (Å²) in [6.45, 7) is 2.09. The molecule has 3 aromatic rings. The van der Waals surface area contributed by atoms with Crippen molar-refractivity contribution in [3.63, 3.8) is 0 Å². The average Bonchev–Trinajstić information content (AvgIpc) is 2.86. The summed E-state index contributed by atoms with van der Waals surface area (Å²) in [4.78, 5) is 4.73. The van der Waals surface area contributed by atoms with Crippen LogP contribution in [0.4, 0.5) is 0 Å². The highest BCUT2D eigenvalue weighted by Crippen LogP contribution is 2.34. The molecule has 0 amide bonds. The van der Waals surface area contributed by atoms with Crippen LogP contribution >= 0.6 is 0 Å². The molecular formula is C18H20N2O. The van der Waals surface area contributed by atoms with Crippen molar-refractivity contribution in [2.45, 2.75) is 25.4 Å². The quantitative estimate of drug-likeness (QED) is 0.789. The van der Waals surface area contributed by atoms with Gasteiger partial charge in [0.05, 0.1) is 17.1 Å². The van der Waals surface area contributed by atoms with Crippen LogP contribution < -0.4 is 0 Å². The molecule has 3 rings (SSSR count). The van der Waals surface area contributed by atoms with E-state index in [0.29, 0.717) is 0 Å².